The quantitative estimate of drug-likeness (QED) is 0.747. The molecule has 21 heavy (non-hydrogen) atoms. The number of rotatable bonds is 8. The molecule has 1 fully saturated rings. The van der Waals surface area contributed by atoms with Crippen molar-refractivity contribution < 1.29 is 4.74 Å². The highest BCUT2D eigenvalue weighted by Crippen LogP contribution is 2.16. The minimum Gasteiger partial charge on any atom is -0.478 e. The molecule has 0 amide bonds. The van der Waals surface area contributed by atoms with Gasteiger partial charge >= 0.3 is 0 Å². The van der Waals surface area contributed by atoms with Crippen molar-refractivity contribution in [3.8, 4) is 5.88 Å². The Morgan fingerprint density at radius 1 is 1.38 bits per heavy atom. The van der Waals surface area contributed by atoms with Crippen molar-refractivity contribution in [2.24, 2.45) is 0 Å². The Bertz CT molecular complexity index is 413. The van der Waals surface area contributed by atoms with Crippen molar-refractivity contribution >= 4 is 5.82 Å². The van der Waals surface area contributed by atoms with Gasteiger partial charge in [-0.05, 0) is 39.2 Å². The molecule has 1 aromatic rings. The van der Waals surface area contributed by atoms with Crippen LogP contribution in [0.4, 0.5) is 5.82 Å². The molecular formula is C16H28N4O. The number of likely N-dealkylation sites (tertiary alicyclic amines) is 1. The van der Waals surface area contributed by atoms with Gasteiger partial charge in [0.05, 0.1) is 6.61 Å². The summed E-state index contributed by atoms with van der Waals surface area (Å²) in [5.41, 5.74) is 0. The van der Waals surface area contributed by atoms with E-state index in [9.17, 15) is 0 Å². The lowest BCUT2D eigenvalue weighted by atomic mass is 10.0. The molecule has 1 aromatic heterocycles. The zero-order valence-corrected chi connectivity index (χ0v) is 13.3. The molecule has 1 saturated heterocycles. The van der Waals surface area contributed by atoms with E-state index in [0.717, 1.165) is 31.2 Å². The van der Waals surface area contributed by atoms with Crippen molar-refractivity contribution in [2.45, 2.75) is 52.0 Å². The first-order chi connectivity index (χ1) is 10.3. The molecule has 1 aliphatic heterocycles. The van der Waals surface area contributed by atoms with Crippen molar-refractivity contribution in [1.29, 1.82) is 0 Å². The second kappa shape index (κ2) is 8.82. The molecule has 1 unspecified atom stereocenters. The lowest BCUT2D eigenvalue weighted by Crippen LogP contribution is -2.38. The molecule has 1 atom stereocenters. The first-order valence-electron chi connectivity index (χ1n) is 8.22. The number of anilines is 1. The number of piperidine rings is 1. The summed E-state index contributed by atoms with van der Waals surface area (Å²) in [4.78, 5) is 10.9. The predicted octanol–water partition coefficient (Wildman–Crippen LogP) is 2.94. The molecule has 0 spiro atoms. The maximum atomic E-state index is 5.51. The van der Waals surface area contributed by atoms with Gasteiger partial charge in [0.25, 0.3) is 0 Å². The highest BCUT2D eigenvalue weighted by atomic mass is 16.5. The standard InChI is InChI=1S/C16H28N4O/c1-3-11-21-16-12-15(18-13-19-16)17-8-6-10-20-9-5-4-7-14(20)2/h12-14H,3-11H2,1-2H3,(H,17,18,19). The average molecular weight is 292 g/mol. The van der Waals surface area contributed by atoms with E-state index in [4.69, 9.17) is 4.74 Å². The summed E-state index contributed by atoms with van der Waals surface area (Å²) in [6.45, 7) is 8.48. The molecule has 1 N–H and O–H groups in total. The SMILES string of the molecule is CCCOc1cc(NCCCN2CCCCC2C)ncn1. The van der Waals surface area contributed by atoms with Gasteiger partial charge in [0.15, 0.2) is 0 Å². The fourth-order valence-corrected chi connectivity index (χ4v) is 2.71. The van der Waals surface area contributed by atoms with Gasteiger partial charge in [-0.3, -0.25) is 0 Å². The van der Waals surface area contributed by atoms with Crippen LogP contribution < -0.4 is 10.1 Å². The molecule has 118 valence electrons. The maximum absolute atomic E-state index is 5.51. The van der Waals surface area contributed by atoms with Crippen LogP contribution in [0.15, 0.2) is 12.4 Å². The molecular weight excluding hydrogens is 264 g/mol. The second-order valence-corrected chi connectivity index (χ2v) is 5.75. The summed E-state index contributed by atoms with van der Waals surface area (Å²) in [6, 6.07) is 2.62. The summed E-state index contributed by atoms with van der Waals surface area (Å²) in [6.07, 6.45) is 7.76. The van der Waals surface area contributed by atoms with Gasteiger partial charge in [-0.15, -0.1) is 0 Å². The monoisotopic (exact) mass is 292 g/mol. The van der Waals surface area contributed by atoms with E-state index >= 15 is 0 Å². The summed E-state index contributed by atoms with van der Waals surface area (Å²) < 4.78 is 5.51. The van der Waals surface area contributed by atoms with Crippen molar-refractivity contribution in [3.05, 3.63) is 12.4 Å². The summed E-state index contributed by atoms with van der Waals surface area (Å²) in [5.74, 6) is 1.50. The largest absolute Gasteiger partial charge is 0.478 e. The third kappa shape index (κ3) is 5.50. The Morgan fingerprint density at radius 3 is 3.10 bits per heavy atom. The number of nitrogens with one attached hydrogen (secondary N) is 1. The minimum atomic E-state index is 0.652. The van der Waals surface area contributed by atoms with Gasteiger partial charge in [0.2, 0.25) is 5.88 Å². The minimum absolute atomic E-state index is 0.652. The fraction of sp³-hybridized carbons (Fsp3) is 0.750. The van der Waals surface area contributed by atoms with Crippen LogP contribution in [0.1, 0.15) is 46.0 Å². The molecule has 0 aromatic carbocycles. The number of ether oxygens (including phenoxy) is 1. The zero-order valence-electron chi connectivity index (χ0n) is 13.3. The van der Waals surface area contributed by atoms with Crippen LogP contribution in [0.3, 0.4) is 0 Å². The third-order valence-corrected chi connectivity index (χ3v) is 3.96. The van der Waals surface area contributed by atoms with Crippen LogP contribution in [0, 0.1) is 0 Å². The van der Waals surface area contributed by atoms with E-state index in [1.165, 1.54) is 32.4 Å². The van der Waals surface area contributed by atoms with Crippen LogP contribution >= 0.6 is 0 Å². The first-order valence-corrected chi connectivity index (χ1v) is 8.22. The number of hydrogen-bond acceptors (Lipinski definition) is 5. The highest BCUT2D eigenvalue weighted by Gasteiger charge is 2.16. The van der Waals surface area contributed by atoms with Crippen molar-refractivity contribution in [1.82, 2.24) is 14.9 Å². The molecule has 0 saturated carbocycles. The maximum Gasteiger partial charge on any atom is 0.218 e. The van der Waals surface area contributed by atoms with E-state index in [1.807, 2.05) is 6.07 Å². The Kier molecular flexibility index (Phi) is 6.73. The topological polar surface area (TPSA) is 50.3 Å². The van der Waals surface area contributed by atoms with Gasteiger partial charge in [-0.25, -0.2) is 9.97 Å². The number of aromatic nitrogens is 2. The second-order valence-electron chi connectivity index (χ2n) is 5.75. The number of hydrogen-bond donors (Lipinski definition) is 1. The molecule has 1 aliphatic rings. The van der Waals surface area contributed by atoms with Gasteiger partial charge in [-0.2, -0.15) is 0 Å². The Balaban J connectivity index is 1.68. The van der Waals surface area contributed by atoms with Gasteiger partial charge in [-0.1, -0.05) is 13.3 Å². The smallest absolute Gasteiger partial charge is 0.218 e. The Morgan fingerprint density at radius 2 is 2.29 bits per heavy atom. The Labute approximate surface area is 128 Å². The predicted molar refractivity (Wildman–Crippen MR) is 85.8 cm³/mol. The summed E-state index contributed by atoms with van der Waals surface area (Å²) in [7, 11) is 0. The molecule has 5 heteroatoms. The molecule has 2 heterocycles. The normalized spacial score (nSPS) is 19.4. The van der Waals surface area contributed by atoms with E-state index in [1.54, 1.807) is 6.33 Å². The number of nitrogens with zero attached hydrogens (tertiary/aromatic N) is 3. The molecule has 2 rings (SSSR count). The first kappa shape index (κ1) is 16.0. The van der Waals surface area contributed by atoms with Crippen molar-refractivity contribution in [3.63, 3.8) is 0 Å². The summed E-state index contributed by atoms with van der Waals surface area (Å²) >= 11 is 0. The van der Waals surface area contributed by atoms with Crippen molar-refractivity contribution in [2.75, 3.05) is 31.6 Å². The van der Waals surface area contributed by atoms with Crippen LogP contribution in [0.5, 0.6) is 5.88 Å². The van der Waals surface area contributed by atoms with Crippen LogP contribution in [-0.4, -0.2) is 47.2 Å². The fourth-order valence-electron chi connectivity index (χ4n) is 2.71. The lowest BCUT2D eigenvalue weighted by Gasteiger charge is -2.33. The lowest BCUT2D eigenvalue weighted by molar-refractivity contribution is 0.160. The van der Waals surface area contributed by atoms with Gasteiger partial charge in [0.1, 0.15) is 12.1 Å². The molecule has 5 nitrogen and oxygen atoms in total. The molecule has 0 radical (unpaired) electrons. The van der Waals surface area contributed by atoms with Crippen LogP contribution in [0.2, 0.25) is 0 Å². The van der Waals surface area contributed by atoms with E-state index in [0.29, 0.717) is 12.5 Å². The zero-order chi connectivity index (χ0) is 14.9. The van der Waals surface area contributed by atoms with Crippen LogP contribution in [0.25, 0.3) is 0 Å². The van der Waals surface area contributed by atoms with E-state index in [2.05, 4.69) is 34.0 Å². The third-order valence-electron chi connectivity index (χ3n) is 3.96. The average Bonchev–Trinajstić information content (AvgIpc) is 2.51. The molecule has 0 bridgehead atoms. The highest BCUT2D eigenvalue weighted by molar-refractivity contribution is 5.36. The summed E-state index contributed by atoms with van der Waals surface area (Å²) in [5, 5.41) is 3.36. The Hall–Kier alpha value is -1.36. The van der Waals surface area contributed by atoms with E-state index < -0.39 is 0 Å². The molecule has 0 aliphatic carbocycles. The van der Waals surface area contributed by atoms with Gasteiger partial charge < -0.3 is 15.0 Å². The van der Waals surface area contributed by atoms with Crippen LogP contribution in [-0.2, 0) is 0 Å². The van der Waals surface area contributed by atoms with Gasteiger partial charge in [0, 0.05) is 25.2 Å². The van der Waals surface area contributed by atoms with E-state index in [-0.39, 0.29) is 0 Å².